The number of hydrogen-bond donors (Lipinski definition) is 6. The second-order valence-corrected chi connectivity index (χ2v) is 16.2. The van der Waals surface area contributed by atoms with Crippen LogP contribution in [0, 0.1) is 5.92 Å². The molecule has 12 atom stereocenters. The van der Waals surface area contributed by atoms with Crippen LogP contribution in [0.1, 0.15) is 53.4 Å². The van der Waals surface area contributed by atoms with Crippen LogP contribution in [0.25, 0.3) is 0 Å². The van der Waals surface area contributed by atoms with Gasteiger partial charge in [-0.1, -0.05) is 18.9 Å². The number of amides is 2. The fraction of sp³-hybridized carbons (Fsp3) is 0.923. The zero-order valence-electron chi connectivity index (χ0n) is 30.2. The molecule has 3 aliphatic heterocycles. The Labute approximate surface area is 326 Å². The van der Waals surface area contributed by atoms with E-state index >= 15 is 0 Å². The summed E-state index contributed by atoms with van der Waals surface area (Å²) >= 11 is -0.0743. The van der Waals surface area contributed by atoms with Crippen LogP contribution in [-0.2, 0) is 95.3 Å². The van der Waals surface area contributed by atoms with Gasteiger partial charge in [-0.15, -0.1) is 4.33 Å². The minimum absolute atomic E-state index is 0.0669. The second-order valence-electron chi connectivity index (χ2n) is 12.6. The summed E-state index contributed by atoms with van der Waals surface area (Å²) < 4.78 is 157. The Hall–Kier alpha value is -1.50. The van der Waals surface area contributed by atoms with Gasteiger partial charge in [-0.3, -0.25) is 27.4 Å². The normalized spacial score (nSPS) is 31.6. The van der Waals surface area contributed by atoms with E-state index in [0.29, 0.717) is 0 Å². The fourth-order valence-electron chi connectivity index (χ4n) is 6.02. The van der Waals surface area contributed by atoms with Crippen molar-refractivity contribution in [2.45, 2.75) is 121 Å². The van der Waals surface area contributed by atoms with Crippen LogP contribution in [-0.4, -0.2) is 150 Å². The third-order valence-corrected chi connectivity index (χ3v) is 9.98. The summed E-state index contributed by atoms with van der Waals surface area (Å²) in [5.74, 6) is -1.35. The summed E-state index contributed by atoms with van der Waals surface area (Å²) in [6, 6.07) is -2.13. The third kappa shape index (κ3) is 17.0. The average molecular weight is 899 g/mol. The lowest BCUT2D eigenvalue weighted by Gasteiger charge is -2.45. The molecule has 30 heteroatoms. The van der Waals surface area contributed by atoms with Crippen molar-refractivity contribution in [2.24, 2.45) is 5.92 Å². The molecular formula is C26H46N2O24S4. The number of rotatable bonds is 22. The van der Waals surface area contributed by atoms with E-state index in [9.17, 15) is 43.9 Å². The van der Waals surface area contributed by atoms with Crippen LogP contribution in [0.3, 0.4) is 0 Å². The molecule has 0 spiro atoms. The summed E-state index contributed by atoms with van der Waals surface area (Å²) in [6.45, 7) is 4.42. The van der Waals surface area contributed by atoms with Gasteiger partial charge >= 0.3 is 31.2 Å². The van der Waals surface area contributed by atoms with Gasteiger partial charge in [0.25, 0.3) is 0 Å². The van der Waals surface area contributed by atoms with Crippen molar-refractivity contribution in [2.75, 3.05) is 26.4 Å². The Morgan fingerprint density at radius 2 is 1.50 bits per heavy atom. The molecule has 3 heterocycles. The molecule has 0 aromatic rings. The van der Waals surface area contributed by atoms with Crippen molar-refractivity contribution in [3.8, 4) is 0 Å². The van der Waals surface area contributed by atoms with Crippen LogP contribution < -0.4 is 10.6 Å². The SMILES string of the molecule is CCC(NC(C)=O)C(CCOS(=O)(=O)O)OC1OCC(OC2OCCC(OC3OCC(C)CC3OS(=O)(=O)O)C2NC(C)=O)C(OSOOO)C1OS(=O)(=O)O. The molecule has 3 saturated heterocycles. The predicted molar refractivity (Wildman–Crippen MR) is 180 cm³/mol. The van der Waals surface area contributed by atoms with Crippen molar-refractivity contribution in [3.63, 3.8) is 0 Å². The molecule has 0 aliphatic carbocycles. The van der Waals surface area contributed by atoms with Crippen LogP contribution in [0.4, 0.5) is 0 Å². The lowest BCUT2D eigenvalue weighted by Crippen LogP contribution is -2.63. The molecule has 0 saturated carbocycles. The van der Waals surface area contributed by atoms with E-state index in [1.165, 1.54) is 6.92 Å². The smallest absolute Gasteiger partial charge is 0.351 e. The molecule has 0 aromatic carbocycles. The molecule has 3 rings (SSSR count). The van der Waals surface area contributed by atoms with Crippen molar-refractivity contribution in [1.82, 2.24) is 10.6 Å². The molecule has 26 nitrogen and oxygen atoms in total. The van der Waals surface area contributed by atoms with Crippen molar-refractivity contribution < 1.29 is 108 Å². The Kier molecular flexibility index (Phi) is 19.4. The first kappa shape index (κ1) is 48.9. The molecule has 12 unspecified atom stereocenters. The van der Waals surface area contributed by atoms with Crippen LogP contribution >= 0.6 is 12.3 Å². The van der Waals surface area contributed by atoms with Crippen molar-refractivity contribution in [1.29, 1.82) is 0 Å². The van der Waals surface area contributed by atoms with Gasteiger partial charge < -0.3 is 39.1 Å². The zero-order valence-corrected chi connectivity index (χ0v) is 33.4. The molecule has 3 aliphatic rings. The van der Waals surface area contributed by atoms with Gasteiger partial charge in [0.15, 0.2) is 37.3 Å². The van der Waals surface area contributed by atoms with Gasteiger partial charge in [0.05, 0.1) is 44.7 Å². The molecule has 0 bridgehead atoms. The van der Waals surface area contributed by atoms with Crippen molar-refractivity contribution >= 4 is 55.3 Å². The zero-order chi connectivity index (χ0) is 41.8. The standard InChI is InChI=1S/C26H46N2O24S4/c1-5-16(27-14(3)29)17(7-9-44-54(32,33)34)45-26-23(50-56(38,39)40)22(48-53-52-51-31)20(12-43-26)47-25-21(28-15(4)30)18(6-8-41-25)46-24-19(49-55(35,36)37)10-13(2)11-42-24/h13,16-26,31H,5-12H2,1-4H3,(H,27,29)(H,28,30)(H,32,33,34)(H,35,36,37)(H,38,39,40). The van der Waals surface area contributed by atoms with E-state index in [1.54, 1.807) is 13.8 Å². The van der Waals surface area contributed by atoms with Gasteiger partial charge in [0.2, 0.25) is 11.8 Å². The highest BCUT2D eigenvalue weighted by molar-refractivity contribution is 7.89. The highest BCUT2D eigenvalue weighted by Crippen LogP contribution is 2.34. The Morgan fingerprint density at radius 3 is 2.09 bits per heavy atom. The molecule has 328 valence electrons. The second kappa shape index (κ2) is 22.2. The summed E-state index contributed by atoms with van der Waals surface area (Å²) in [6.07, 6.45) is -13.7. The molecule has 3 fully saturated rings. The highest BCUT2D eigenvalue weighted by atomic mass is 32.3. The topological polar surface area (TPSA) is 352 Å². The number of ether oxygens (including phenoxy) is 6. The largest absolute Gasteiger partial charge is 0.397 e. The predicted octanol–water partition coefficient (Wildman–Crippen LogP) is -0.998. The first-order chi connectivity index (χ1) is 26.1. The number of nitrogens with one attached hydrogen (secondary N) is 2. The Bertz CT molecular complexity index is 1590. The maximum absolute atomic E-state index is 12.4. The maximum atomic E-state index is 12.4. The Balaban J connectivity index is 1.94. The molecule has 2 amide bonds. The molecule has 6 N–H and O–H groups in total. The lowest BCUT2D eigenvalue weighted by molar-refractivity contribution is -0.435. The number of hydrogen-bond acceptors (Lipinski definition) is 22. The van der Waals surface area contributed by atoms with Gasteiger partial charge in [-0.25, -0.2) is 17.8 Å². The van der Waals surface area contributed by atoms with E-state index in [1.807, 2.05) is 0 Å². The van der Waals surface area contributed by atoms with Gasteiger partial charge in [-0.2, -0.15) is 25.3 Å². The lowest BCUT2D eigenvalue weighted by atomic mass is 10.00. The highest BCUT2D eigenvalue weighted by Gasteiger charge is 2.51. The maximum Gasteiger partial charge on any atom is 0.397 e. The molecule has 56 heavy (non-hydrogen) atoms. The summed E-state index contributed by atoms with van der Waals surface area (Å²) in [5, 5.41) is 17.4. The summed E-state index contributed by atoms with van der Waals surface area (Å²) in [5.41, 5.74) is 0. The van der Waals surface area contributed by atoms with E-state index in [2.05, 4.69) is 24.2 Å². The average Bonchev–Trinajstić information content (AvgIpc) is 3.05. The Morgan fingerprint density at radius 1 is 0.839 bits per heavy atom. The minimum Gasteiger partial charge on any atom is -0.351 e. The van der Waals surface area contributed by atoms with E-state index in [-0.39, 0.29) is 57.1 Å². The summed E-state index contributed by atoms with van der Waals surface area (Å²) in [7, 11) is -15.2. The number of carbonyl (C=O) groups excluding carboxylic acids is 2. The van der Waals surface area contributed by atoms with Gasteiger partial charge in [0.1, 0.15) is 24.4 Å². The van der Waals surface area contributed by atoms with Crippen molar-refractivity contribution in [3.05, 3.63) is 0 Å². The van der Waals surface area contributed by atoms with Gasteiger partial charge in [0, 0.05) is 20.3 Å². The van der Waals surface area contributed by atoms with Crippen LogP contribution in [0.2, 0.25) is 0 Å². The van der Waals surface area contributed by atoms with E-state index in [4.69, 9.17) is 50.8 Å². The van der Waals surface area contributed by atoms with Gasteiger partial charge in [-0.05, 0) is 25.2 Å². The fourth-order valence-corrected chi connectivity index (χ4v) is 7.67. The quantitative estimate of drug-likeness (QED) is 0.0249. The van der Waals surface area contributed by atoms with E-state index < -0.39 is 124 Å². The summed E-state index contributed by atoms with van der Waals surface area (Å²) in [4.78, 5) is 24.3. The van der Waals surface area contributed by atoms with Crippen LogP contribution in [0.5, 0.6) is 0 Å². The first-order valence-electron chi connectivity index (χ1n) is 16.7. The first-order valence-corrected chi connectivity index (χ1v) is 21.4. The minimum atomic E-state index is -5.40. The monoisotopic (exact) mass is 898 g/mol. The third-order valence-electron chi connectivity index (χ3n) is 8.14. The molecule has 0 aromatic heterocycles. The molecular weight excluding hydrogens is 853 g/mol. The van der Waals surface area contributed by atoms with Crippen LogP contribution in [0.15, 0.2) is 0 Å². The van der Waals surface area contributed by atoms with E-state index in [0.717, 1.165) is 6.92 Å². The number of carbonyl (C=O) groups is 2. The molecule has 0 radical (unpaired) electrons.